The van der Waals surface area contributed by atoms with Crippen molar-refractivity contribution in [3.63, 3.8) is 0 Å². The average Bonchev–Trinajstić information content (AvgIpc) is 2.96. The molecule has 1 heterocycles. The summed E-state index contributed by atoms with van der Waals surface area (Å²) in [5, 5.41) is 2.71. The van der Waals surface area contributed by atoms with Crippen molar-refractivity contribution in [2.45, 2.75) is 33.1 Å². The number of rotatable bonds is 4. The normalized spacial score (nSPS) is 17.0. The van der Waals surface area contributed by atoms with Gasteiger partial charge in [-0.3, -0.25) is 9.59 Å². The first-order chi connectivity index (χ1) is 12.4. The van der Waals surface area contributed by atoms with Crippen LogP contribution in [-0.2, 0) is 9.59 Å². The number of halogens is 1. The van der Waals surface area contributed by atoms with Crippen LogP contribution in [0.1, 0.15) is 37.3 Å². The van der Waals surface area contributed by atoms with Crippen molar-refractivity contribution in [2.24, 2.45) is 5.92 Å². The van der Waals surface area contributed by atoms with E-state index < -0.39 is 11.7 Å². The summed E-state index contributed by atoms with van der Waals surface area (Å²) in [5.74, 6) is -0.900. The minimum Gasteiger partial charge on any atom is -0.326 e. The second-order valence-corrected chi connectivity index (χ2v) is 7.07. The number of para-hydroxylation sites is 1. The van der Waals surface area contributed by atoms with E-state index in [1.54, 1.807) is 17.0 Å². The summed E-state index contributed by atoms with van der Waals surface area (Å²) >= 11 is 0. The number of anilines is 2. The smallest absolute Gasteiger partial charge is 0.229 e. The van der Waals surface area contributed by atoms with E-state index in [0.29, 0.717) is 12.2 Å². The van der Waals surface area contributed by atoms with Gasteiger partial charge in [-0.25, -0.2) is 4.39 Å². The van der Waals surface area contributed by atoms with Crippen LogP contribution in [0.3, 0.4) is 0 Å². The van der Waals surface area contributed by atoms with Crippen molar-refractivity contribution in [3.8, 4) is 0 Å². The average molecular weight is 354 g/mol. The van der Waals surface area contributed by atoms with Gasteiger partial charge in [0.2, 0.25) is 11.8 Å². The van der Waals surface area contributed by atoms with Crippen molar-refractivity contribution in [3.05, 3.63) is 59.4 Å². The minimum absolute atomic E-state index is 0.0550. The molecule has 2 aromatic carbocycles. The highest BCUT2D eigenvalue weighted by atomic mass is 19.1. The van der Waals surface area contributed by atoms with E-state index >= 15 is 0 Å². The highest BCUT2D eigenvalue weighted by Crippen LogP contribution is 2.35. The Morgan fingerprint density at radius 1 is 1.23 bits per heavy atom. The van der Waals surface area contributed by atoms with Gasteiger partial charge in [0.1, 0.15) is 5.82 Å². The Morgan fingerprint density at radius 3 is 2.65 bits per heavy atom. The van der Waals surface area contributed by atoms with Gasteiger partial charge in [-0.05, 0) is 42.2 Å². The summed E-state index contributed by atoms with van der Waals surface area (Å²) in [5.41, 5.74) is 3.44. The van der Waals surface area contributed by atoms with Gasteiger partial charge in [-0.1, -0.05) is 38.1 Å². The molecule has 26 heavy (non-hydrogen) atoms. The van der Waals surface area contributed by atoms with Gasteiger partial charge in [-0.15, -0.1) is 0 Å². The molecule has 0 saturated carbocycles. The minimum atomic E-state index is -0.453. The first-order valence-corrected chi connectivity index (χ1v) is 8.83. The van der Waals surface area contributed by atoms with Crippen molar-refractivity contribution in [2.75, 3.05) is 16.8 Å². The molecule has 1 aliphatic heterocycles. The number of carbonyl (C=O) groups is 2. The third-order valence-corrected chi connectivity index (χ3v) is 4.75. The maximum absolute atomic E-state index is 13.3. The molecule has 1 N–H and O–H groups in total. The summed E-state index contributed by atoms with van der Waals surface area (Å²) in [6.45, 7) is 6.50. The van der Waals surface area contributed by atoms with Crippen molar-refractivity contribution in [1.82, 2.24) is 0 Å². The van der Waals surface area contributed by atoms with Gasteiger partial charge >= 0.3 is 0 Å². The number of amides is 2. The molecule has 5 heteroatoms. The van der Waals surface area contributed by atoms with E-state index in [1.807, 2.05) is 25.1 Å². The summed E-state index contributed by atoms with van der Waals surface area (Å²) < 4.78 is 13.3. The fourth-order valence-corrected chi connectivity index (χ4v) is 3.43. The van der Waals surface area contributed by atoms with Crippen LogP contribution in [0.2, 0.25) is 0 Å². The largest absolute Gasteiger partial charge is 0.326 e. The maximum atomic E-state index is 13.3. The molecule has 0 bridgehead atoms. The lowest BCUT2D eigenvalue weighted by molar-refractivity contribution is -0.122. The van der Waals surface area contributed by atoms with Gasteiger partial charge in [0, 0.05) is 24.3 Å². The second kappa shape index (κ2) is 7.28. The van der Waals surface area contributed by atoms with Gasteiger partial charge in [0.05, 0.1) is 5.92 Å². The van der Waals surface area contributed by atoms with Crippen LogP contribution >= 0.6 is 0 Å². The molecular formula is C21H23FN2O2. The Kier molecular flexibility index (Phi) is 5.07. The predicted molar refractivity (Wildman–Crippen MR) is 101 cm³/mol. The molecule has 0 radical (unpaired) electrons. The van der Waals surface area contributed by atoms with Crippen LogP contribution in [0.5, 0.6) is 0 Å². The van der Waals surface area contributed by atoms with Gasteiger partial charge < -0.3 is 10.2 Å². The quantitative estimate of drug-likeness (QED) is 0.892. The zero-order chi connectivity index (χ0) is 18.8. The predicted octanol–water partition coefficient (Wildman–Crippen LogP) is 4.25. The standard InChI is InChI=1S/C21H23FN2O2/c1-13(2)18-9-4-6-14(3)20(18)24-12-15(10-19(24)25)21(26)23-17-8-5-7-16(22)11-17/h4-9,11,13,15H,10,12H2,1-3H3,(H,23,26). The maximum Gasteiger partial charge on any atom is 0.229 e. The molecule has 136 valence electrons. The Balaban J connectivity index is 1.80. The topological polar surface area (TPSA) is 49.4 Å². The Hall–Kier alpha value is -2.69. The van der Waals surface area contributed by atoms with Crippen LogP contribution in [0, 0.1) is 18.7 Å². The highest BCUT2D eigenvalue weighted by molar-refractivity contribution is 6.04. The van der Waals surface area contributed by atoms with Crippen molar-refractivity contribution < 1.29 is 14.0 Å². The zero-order valence-electron chi connectivity index (χ0n) is 15.3. The van der Waals surface area contributed by atoms with E-state index in [2.05, 4.69) is 19.2 Å². The molecule has 1 fully saturated rings. The molecule has 3 rings (SSSR count). The monoisotopic (exact) mass is 354 g/mol. The van der Waals surface area contributed by atoms with E-state index in [4.69, 9.17) is 0 Å². The molecule has 1 saturated heterocycles. The number of benzene rings is 2. The number of nitrogens with zero attached hydrogens (tertiary/aromatic N) is 1. The fourth-order valence-electron chi connectivity index (χ4n) is 3.43. The summed E-state index contributed by atoms with van der Waals surface area (Å²) in [6.07, 6.45) is 0.160. The second-order valence-electron chi connectivity index (χ2n) is 7.07. The molecular weight excluding hydrogens is 331 g/mol. The summed E-state index contributed by atoms with van der Waals surface area (Å²) in [4.78, 5) is 26.9. The number of nitrogens with one attached hydrogen (secondary N) is 1. The molecule has 0 spiro atoms. The Labute approximate surface area is 153 Å². The Bertz CT molecular complexity index is 848. The lowest BCUT2D eigenvalue weighted by Crippen LogP contribution is -2.29. The molecule has 0 aromatic heterocycles. The van der Waals surface area contributed by atoms with Gasteiger partial charge in [0.15, 0.2) is 0 Å². The van der Waals surface area contributed by atoms with E-state index in [9.17, 15) is 14.0 Å². The van der Waals surface area contributed by atoms with Crippen molar-refractivity contribution in [1.29, 1.82) is 0 Å². The number of aryl methyl sites for hydroxylation is 1. The zero-order valence-corrected chi connectivity index (χ0v) is 15.3. The van der Waals surface area contributed by atoms with Gasteiger partial charge in [-0.2, -0.15) is 0 Å². The highest BCUT2D eigenvalue weighted by Gasteiger charge is 2.36. The number of hydrogen-bond donors (Lipinski definition) is 1. The Morgan fingerprint density at radius 2 is 1.96 bits per heavy atom. The van der Waals surface area contributed by atoms with E-state index in [1.165, 1.54) is 12.1 Å². The SMILES string of the molecule is Cc1cccc(C(C)C)c1N1CC(C(=O)Nc2cccc(F)c2)CC1=O. The third-order valence-electron chi connectivity index (χ3n) is 4.75. The molecule has 2 aromatic rings. The van der Waals surface area contributed by atoms with Crippen LogP contribution in [0.15, 0.2) is 42.5 Å². The van der Waals surface area contributed by atoms with E-state index in [0.717, 1.165) is 16.8 Å². The molecule has 2 amide bonds. The van der Waals surface area contributed by atoms with Crippen LogP contribution in [-0.4, -0.2) is 18.4 Å². The number of carbonyl (C=O) groups excluding carboxylic acids is 2. The molecule has 0 aliphatic carbocycles. The van der Waals surface area contributed by atoms with Crippen LogP contribution < -0.4 is 10.2 Å². The lowest BCUT2D eigenvalue weighted by Gasteiger charge is -2.24. The third kappa shape index (κ3) is 3.62. The molecule has 1 unspecified atom stereocenters. The molecule has 4 nitrogen and oxygen atoms in total. The van der Waals surface area contributed by atoms with E-state index in [-0.39, 0.29) is 24.2 Å². The summed E-state index contributed by atoms with van der Waals surface area (Å²) in [7, 11) is 0. The first kappa shape index (κ1) is 18.1. The number of hydrogen-bond acceptors (Lipinski definition) is 2. The summed E-state index contributed by atoms with van der Waals surface area (Å²) in [6, 6.07) is 11.8. The lowest BCUT2D eigenvalue weighted by atomic mass is 9.97. The van der Waals surface area contributed by atoms with Crippen LogP contribution in [0.25, 0.3) is 0 Å². The van der Waals surface area contributed by atoms with Gasteiger partial charge in [0.25, 0.3) is 0 Å². The molecule has 1 atom stereocenters. The molecule has 1 aliphatic rings. The van der Waals surface area contributed by atoms with Crippen molar-refractivity contribution >= 4 is 23.2 Å². The fraction of sp³-hybridized carbons (Fsp3) is 0.333. The first-order valence-electron chi connectivity index (χ1n) is 8.83. The van der Waals surface area contributed by atoms with Crippen LogP contribution in [0.4, 0.5) is 15.8 Å².